The topological polar surface area (TPSA) is 119 Å². The number of hydrogen-bond donors (Lipinski definition) is 2. The molecule has 0 amide bonds. The maximum Gasteiger partial charge on any atom is 0.469 e. The van der Waals surface area contributed by atoms with Crippen LogP contribution in [-0.2, 0) is 28.2 Å². The van der Waals surface area contributed by atoms with Crippen LogP contribution in [-0.4, -0.2) is 41.0 Å². The Labute approximate surface area is 300 Å². The molecule has 0 aromatic rings. The Bertz CT molecular complexity index is 853. The average molecular weight is 715 g/mol. The molecule has 2 N–H and O–H groups in total. The van der Waals surface area contributed by atoms with E-state index < -0.39 is 32.5 Å². The van der Waals surface area contributed by atoms with Gasteiger partial charge in [0.05, 0.1) is 6.61 Å². The number of carbonyl (C=O) groups is 2. The molecule has 288 valence electrons. The van der Waals surface area contributed by atoms with Gasteiger partial charge in [-0.15, -0.1) is 0 Å². The molecule has 0 heterocycles. The Morgan fingerprint density at radius 2 is 0.918 bits per heavy atom. The zero-order valence-electron chi connectivity index (χ0n) is 31.6. The minimum atomic E-state index is -4.75. The van der Waals surface area contributed by atoms with E-state index in [-0.39, 0.29) is 19.4 Å². The van der Waals surface area contributed by atoms with Crippen LogP contribution in [0.1, 0.15) is 200 Å². The quantitative estimate of drug-likeness (QED) is 0.0282. The van der Waals surface area contributed by atoms with E-state index in [4.69, 9.17) is 19.3 Å². The summed E-state index contributed by atoms with van der Waals surface area (Å²) in [6.07, 6.45) is 40.4. The van der Waals surface area contributed by atoms with Gasteiger partial charge in [-0.3, -0.25) is 14.1 Å². The molecule has 0 aliphatic heterocycles. The van der Waals surface area contributed by atoms with E-state index in [1.165, 1.54) is 116 Å². The zero-order chi connectivity index (χ0) is 36.1. The standard InChI is InChI=1S/C40H75O8P/c1-3-5-7-9-11-13-15-17-18-19-20-21-23-25-27-29-31-33-35-40(42)48-38(37-47-49(43,44)45)36-46-39(41)34-32-30-28-26-24-22-16-14-12-10-8-6-4-2/h13,15,18-19,38H,3-12,14,16-17,20-37H2,1-2H3,(H2,43,44,45)/b15-13-,19-18-. The highest BCUT2D eigenvalue weighted by Gasteiger charge is 2.22. The van der Waals surface area contributed by atoms with Gasteiger partial charge >= 0.3 is 19.8 Å². The highest BCUT2D eigenvalue weighted by molar-refractivity contribution is 7.46. The number of rotatable bonds is 37. The summed E-state index contributed by atoms with van der Waals surface area (Å²) in [4.78, 5) is 42.8. The van der Waals surface area contributed by atoms with Gasteiger partial charge in [-0.2, -0.15) is 0 Å². The van der Waals surface area contributed by atoms with Gasteiger partial charge in [0.1, 0.15) is 6.61 Å². The third-order valence-corrected chi connectivity index (χ3v) is 9.21. The Morgan fingerprint density at radius 3 is 1.37 bits per heavy atom. The molecule has 0 saturated heterocycles. The van der Waals surface area contributed by atoms with Crippen LogP contribution in [0.2, 0.25) is 0 Å². The third-order valence-electron chi connectivity index (χ3n) is 8.72. The largest absolute Gasteiger partial charge is 0.469 e. The highest BCUT2D eigenvalue weighted by Crippen LogP contribution is 2.36. The summed E-state index contributed by atoms with van der Waals surface area (Å²) in [6, 6.07) is 0. The van der Waals surface area contributed by atoms with E-state index in [9.17, 15) is 14.2 Å². The fraction of sp³-hybridized carbons (Fsp3) is 0.850. The van der Waals surface area contributed by atoms with Crippen LogP contribution >= 0.6 is 7.82 Å². The number of phosphoric ester groups is 1. The van der Waals surface area contributed by atoms with Crippen LogP contribution in [0.15, 0.2) is 24.3 Å². The molecule has 0 fully saturated rings. The van der Waals surface area contributed by atoms with Crippen molar-refractivity contribution in [2.24, 2.45) is 0 Å². The number of esters is 2. The van der Waals surface area contributed by atoms with Gasteiger partial charge < -0.3 is 19.3 Å². The van der Waals surface area contributed by atoms with E-state index in [0.29, 0.717) is 6.42 Å². The van der Waals surface area contributed by atoms with Crippen molar-refractivity contribution in [3.63, 3.8) is 0 Å². The molecule has 0 aromatic heterocycles. The van der Waals surface area contributed by atoms with Gasteiger partial charge in [-0.25, -0.2) is 4.57 Å². The maximum atomic E-state index is 12.4. The van der Waals surface area contributed by atoms with Crippen LogP contribution in [0.3, 0.4) is 0 Å². The lowest BCUT2D eigenvalue weighted by Gasteiger charge is -2.18. The predicted molar refractivity (Wildman–Crippen MR) is 202 cm³/mol. The van der Waals surface area contributed by atoms with E-state index in [0.717, 1.165) is 51.4 Å². The number of unbranched alkanes of at least 4 members (excludes halogenated alkanes) is 23. The Morgan fingerprint density at radius 1 is 0.531 bits per heavy atom. The van der Waals surface area contributed by atoms with Gasteiger partial charge in [0.25, 0.3) is 0 Å². The number of phosphoric acid groups is 1. The second-order valence-corrected chi connectivity index (χ2v) is 14.9. The minimum Gasteiger partial charge on any atom is -0.462 e. The summed E-state index contributed by atoms with van der Waals surface area (Å²) < 4.78 is 26.3. The number of ether oxygens (including phenoxy) is 2. The summed E-state index contributed by atoms with van der Waals surface area (Å²) >= 11 is 0. The average Bonchev–Trinajstić information content (AvgIpc) is 3.07. The van der Waals surface area contributed by atoms with Crippen molar-refractivity contribution in [3.8, 4) is 0 Å². The molecule has 1 atom stereocenters. The lowest BCUT2D eigenvalue weighted by atomic mass is 10.0. The summed E-state index contributed by atoms with van der Waals surface area (Å²) in [5.41, 5.74) is 0. The number of carbonyl (C=O) groups excluding carboxylic acids is 2. The van der Waals surface area contributed by atoms with E-state index >= 15 is 0 Å². The fourth-order valence-corrected chi connectivity index (χ4v) is 6.06. The first-order valence-electron chi connectivity index (χ1n) is 20.1. The molecule has 8 nitrogen and oxygen atoms in total. The zero-order valence-corrected chi connectivity index (χ0v) is 32.5. The van der Waals surface area contributed by atoms with Gasteiger partial charge in [-0.1, -0.05) is 167 Å². The van der Waals surface area contributed by atoms with E-state index in [1.807, 2.05) is 0 Å². The minimum absolute atomic E-state index is 0.206. The SMILES string of the molecule is CCCCCC/C=C\C/C=C\CCCCCCCCCC(=O)OC(COC(=O)CCCCCCCCCCCCCCC)COP(=O)(O)O. The Balaban J connectivity index is 3.93. The predicted octanol–water partition coefficient (Wildman–Crippen LogP) is 12.0. The molecule has 0 aliphatic rings. The first kappa shape index (κ1) is 47.5. The van der Waals surface area contributed by atoms with Gasteiger partial charge in [0, 0.05) is 12.8 Å². The monoisotopic (exact) mass is 715 g/mol. The lowest BCUT2D eigenvalue weighted by Crippen LogP contribution is -2.29. The van der Waals surface area contributed by atoms with Crippen LogP contribution in [0, 0.1) is 0 Å². The summed E-state index contributed by atoms with van der Waals surface area (Å²) in [7, 11) is -4.75. The van der Waals surface area contributed by atoms with Crippen LogP contribution in [0.25, 0.3) is 0 Å². The normalized spacial score (nSPS) is 12.7. The lowest BCUT2D eigenvalue weighted by molar-refractivity contribution is -0.161. The van der Waals surface area contributed by atoms with Gasteiger partial charge in [-0.05, 0) is 44.9 Å². The second-order valence-electron chi connectivity index (χ2n) is 13.6. The van der Waals surface area contributed by atoms with Gasteiger partial charge in [0.15, 0.2) is 6.10 Å². The third kappa shape index (κ3) is 39.2. The molecule has 0 bridgehead atoms. The summed E-state index contributed by atoms with van der Waals surface area (Å²) in [6.45, 7) is 3.67. The first-order valence-corrected chi connectivity index (χ1v) is 21.7. The van der Waals surface area contributed by atoms with Crippen molar-refractivity contribution < 1.29 is 37.9 Å². The number of allylic oxidation sites excluding steroid dienone is 4. The number of hydrogen-bond acceptors (Lipinski definition) is 6. The fourth-order valence-electron chi connectivity index (χ4n) is 5.70. The Kier molecular flexibility index (Phi) is 35.2. The van der Waals surface area contributed by atoms with Crippen LogP contribution in [0.5, 0.6) is 0 Å². The molecule has 0 aromatic carbocycles. The van der Waals surface area contributed by atoms with Crippen molar-refractivity contribution in [1.82, 2.24) is 0 Å². The van der Waals surface area contributed by atoms with Crippen LogP contribution < -0.4 is 0 Å². The molecule has 49 heavy (non-hydrogen) atoms. The first-order chi connectivity index (χ1) is 23.8. The van der Waals surface area contributed by atoms with E-state index in [1.54, 1.807) is 0 Å². The molecule has 0 aliphatic carbocycles. The van der Waals surface area contributed by atoms with Crippen LogP contribution in [0.4, 0.5) is 0 Å². The van der Waals surface area contributed by atoms with Crippen molar-refractivity contribution in [2.75, 3.05) is 13.2 Å². The molecular weight excluding hydrogens is 639 g/mol. The van der Waals surface area contributed by atoms with E-state index in [2.05, 4.69) is 42.7 Å². The smallest absolute Gasteiger partial charge is 0.462 e. The molecule has 1 unspecified atom stereocenters. The molecular formula is C40H75O8P. The van der Waals surface area contributed by atoms with Crippen molar-refractivity contribution >= 4 is 19.8 Å². The molecule has 0 radical (unpaired) electrons. The summed E-state index contributed by atoms with van der Waals surface area (Å²) in [5, 5.41) is 0. The maximum absolute atomic E-state index is 12.4. The molecule has 0 rings (SSSR count). The second kappa shape index (κ2) is 36.3. The van der Waals surface area contributed by atoms with Crippen molar-refractivity contribution in [1.29, 1.82) is 0 Å². The van der Waals surface area contributed by atoms with Crippen molar-refractivity contribution in [3.05, 3.63) is 24.3 Å². The van der Waals surface area contributed by atoms with Gasteiger partial charge in [0.2, 0.25) is 0 Å². The summed E-state index contributed by atoms with van der Waals surface area (Å²) in [5.74, 6) is -0.887. The highest BCUT2D eigenvalue weighted by atomic mass is 31.2. The molecule has 0 spiro atoms. The molecule has 0 saturated carbocycles. The molecule has 9 heteroatoms. The van der Waals surface area contributed by atoms with Crippen molar-refractivity contribution in [2.45, 2.75) is 206 Å². The Hall–Kier alpha value is -1.47.